The molecule has 0 saturated heterocycles. The molecule has 8 heteroatoms. The standard InChI is InChI=1S/C31H39N3O4S/c1-22-12-16-27(17-13-22)34(39(37,38)28-18-14-23(2)15-19-28)21-29(35)33(20-26-11-9-8-10-24(26)3)25(4)30(36)32-31(5,6)7/h8-19,25H,20-21H2,1-7H3,(H,32,36)/t25-/m0/s1. The van der Waals surface area contributed by atoms with E-state index in [1.807, 2.05) is 77.9 Å². The number of carbonyl (C=O) groups is 2. The number of sulfonamides is 1. The van der Waals surface area contributed by atoms with E-state index in [1.165, 1.54) is 4.90 Å². The molecule has 7 nitrogen and oxygen atoms in total. The van der Waals surface area contributed by atoms with E-state index in [4.69, 9.17) is 0 Å². The van der Waals surface area contributed by atoms with Crippen molar-refractivity contribution in [1.29, 1.82) is 0 Å². The maximum atomic E-state index is 14.0. The molecule has 1 atom stereocenters. The summed E-state index contributed by atoms with van der Waals surface area (Å²) in [6.07, 6.45) is 0. The Morgan fingerprint density at radius 1 is 0.846 bits per heavy atom. The molecule has 1 N–H and O–H groups in total. The van der Waals surface area contributed by atoms with Gasteiger partial charge in [0.15, 0.2) is 0 Å². The minimum Gasteiger partial charge on any atom is -0.350 e. The lowest BCUT2D eigenvalue weighted by Crippen LogP contribution is -2.54. The first-order valence-electron chi connectivity index (χ1n) is 13.0. The van der Waals surface area contributed by atoms with Crippen LogP contribution in [0.15, 0.2) is 77.7 Å². The maximum absolute atomic E-state index is 14.0. The van der Waals surface area contributed by atoms with E-state index in [9.17, 15) is 18.0 Å². The molecule has 0 aliphatic heterocycles. The molecule has 0 spiro atoms. The van der Waals surface area contributed by atoms with Crippen molar-refractivity contribution in [2.24, 2.45) is 0 Å². The van der Waals surface area contributed by atoms with E-state index < -0.39 is 34.1 Å². The fourth-order valence-electron chi connectivity index (χ4n) is 4.10. The predicted molar refractivity (Wildman–Crippen MR) is 156 cm³/mol. The Hall–Kier alpha value is -3.65. The van der Waals surface area contributed by atoms with Crippen molar-refractivity contribution in [3.8, 4) is 0 Å². The first-order chi connectivity index (χ1) is 18.2. The van der Waals surface area contributed by atoms with Crippen LogP contribution >= 0.6 is 0 Å². The molecule has 0 saturated carbocycles. The zero-order valence-electron chi connectivity index (χ0n) is 23.9. The molecule has 208 valence electrons. The fraction of sp³-hybridized carbons (Fsp3) is 0.355. The molecule has 0 fully saturated rings. The number of anilines is 1. The maximum Gasteiger partial charge on any atom is 0.264 e. The SMILES string of the molecule is Cc1ccc(N(CC(=O)N(Cc2ccccc2C)[C@@H](C)C(=O)NC(C)(C)C)S(=O)(=O)c2ccc(C)cc2)cc1. The van der Waals surface area contributed by atoms with E-state index in [0.717, 1.165) is 26.6 Å². The second-order valence-corrected chi connectivity index (χ2v) is 12.9. The van der Waals surface area contributed by atoms with Crippen LogP contribution in [0.5, 0.6) is 0 Å². The van der Waals surface area contributed by atoms with Crippen LogP contribution in [0.2, 0.25) is 0 Å². The number of hydrogen-bond donors (Lipinski definition) is 1. The molecule has 0 aliphatic carbocycles. The molecule has 3 rings (SSSR count). The van der Waals surface area contributed by atoms with Crippen LogP contribution in [0.3, 0.4) is 0 Å². The molecule has 0 aromatic heterocycles. The second-order valence-electron chi connectivity index (χ2n) is 11.0. The van der Waals surface area contributed by atoms with Crippen LogP contribution in [0, 0.1) is 20.8 Å². The third-order valence-corrected chi connectivity index (χ3v) is 8.27. The molecule has 2 amide bonds. The number of nitrogens with one attached hydrogen (secondary N) is 1. The summed E-state index contributed by atoms with van der Waals surface area (Å²) in [5, 5.41) is 2.94. The third-order valence-electron chi connectivity index (χ3n) is 6.48. The van der Waals surface area contributed by atoms with E-state index in [2.05, 4.69) is 5.32 Å². The van der Waals surface area contributed by atoms with Crippen molar-refractivity contribution in [2.75, 3.05) is 10.8 Å². The molecule has 0 bridgehead atoms. The Labute approximate surface area is 232 Å². The minimum atomic E-state index is -4.08. The quantitative estimate of drug-likeness (QED) is 0.401. The summed E-state index contributed by atoms with van der Waals surface area (Å²) >= 11 is 0. The van der Waals surface area contributed by atoms with E-state index >= 15 is 0 Å². The minimum absolute atomic E-state index is 0.0884. The van der Waals surface area contributed by atoms with Crippen molar-refractivity contribution in [3.63, 3.8) is 0 Å². The number of benzene rings is 3. The van der Waals surface area contributed by atoms with Crippen molar-refractivity contribution < 1.29 is 18.0 Å². The highest BCUT2D eigenvalue weighted by Crippen LogP contribution is 2.25. The van der Waals surface area contributed by atoms with Crippen LogP contribution in [0.25, 0.3) is 0 Å². The van der Waals surface area contributed by atoms with E-state index in [0.29, 0.717) is 5.69 Å². The Kier molecular flexibility index (Phi) is 9.22. The van der Waals surface area contributed by atoms with Crippen LogP contribution in [-0.2, 0) is 26.2 Å². The van der Waals surface area contributed by atoms with Gasteiger partial charge in [-0.1, -0.05) is 59.7 Å². The lowest BCUT2D eigenvalue weighted by molar-refractivity contribution is -0.140. The summed E-state index contributed by atoms with van der Waals surface area (Å²) in [4.78, 5) is 28.7. The second kappa shape index (κ2) is 12.0. The van der Waals surface area contributed by atoms with Gasteiger partial charge in [-0.25, -0.2) is 8.42 Å². The summed E-state index contributed by atoms with van der Waals surface area (Å²) in [6.45, 7) is 12.7. The van der Waals surface area contributed by atoms with Gasteiger partial charge >= 0.3 is 0 Å². The van der Waals surface area contributed by atoms with E-state index in [1.54, 1.807) is 43.3 Å². The van der Waals surface area contributed by atoms with Gasteiger partial charge in [0, 0.05) is 12.1 Å². The largest absolute Gasteiger partial charge is 0.350 e. The number of carbonyl (C=O) groups excluding carboxylic acids is 2. The number of rotatable bonds is 9. The van der Waals surface area contributed by atoms with E-state index in [-0.39, 0.29) is 17.3 Å². The van der Waals surface area contributed by atoms with Gasteiger partial charge in [-0.05, 0) is 83.9 Å². The van der Waals surface area contributed by atoms with Gasteiger partial charge in [-0.3, -0.25) is 13.9 Å². The Balaban J connectivity index is 2.04. The molecule has 0 aliphatic rings. The van der Waals surface area contributed by atoms with Crippen molar-refractivity contribution in [3.05, 3.63) is 95.1 Å². The fourth-order valence-corrected chi connectivity index (χ4v) is 5.52. The molecule has 3 aromatic carbocycles. The Morgan fingerprint density at radius 3 is 1.92 bits per heavy atom. The summed E-state index contributed by atoms with van der Waals surface area (Å²) in [5.41, 5.74) is 3.62. The average Bonchev–Trinajstić information content (AvgIpc) is 2.86. The first kappa shape index (κ1) is 29.9. The van der Waals surface area contributed by atoms with Crippen LogP contribution in [-0.4, -0.2) is 43.3 Å². The lowest BCUT2D eigenvalue weighted by Gasteiger charge is -2.33. The van der Waals surface area contributed by atoms with Gasteiger partial charge in [0.1, 0.15) is 12.6 Å². The highest BCUT2D eigenvalue weighted by atomic mass is 32.2. The predicted octanol–water partition coefficient (Wildman–Crippen LogP) is 5.14. The smallest absolute Gasteiger partial charge is 0.264 e. The highest BCUT2D eigenvalue weighted by molar-refractivity contribution is 7.92. The summed E-state index contributed by atoms with van der Waals surface area (Å²) in [6, 6.07) is 20.3. The zero-order valence-corrected chi connectivity index (χ0v) is 24.7. The van der Waals surface area contributed by atoms with Crippen molar-refractivity contribution in [2.45, 2.75) is 71.5 Å². The average molecular weight is 550 g/mol. The van der Waals surface area contributed by atoms with Gasteiger partial charge in [-0.2, -0.15) is 0 Å². The Bertz CT molecular complexity index is 1410. The molecule has 0 unspecified atom stereocenters. The molecular weight excluding hydrogens is 510 g/mol. The van der Waals surface area contributed by atoms with Gasteiger partial charge in [-0.15, -0.1) is 0 Å². The molecular formula is C31H39N3O4S. The number of amides is 2. The van der Waals surface area contributed by atoms with Crippen LogP contribution in [0.1, 0.15) is 49.9 Å². The first-order valence-corrected chi connectivity index (χ1v) is 14.4. The van der Waals surface area contributed by atoms with Crippen molar-refractivity contribution in [1.82, 2.24) is 10.2 Å². The zero-order chi connectivity index (χ0) is 29.0. The molecule has 39 heavy (non-hydrogen) atoms. The third kappa shape index (κ3) is 7.69. The number of nitrogens with zero attached hydrogens (tertiary/aromatic N) is 2. The summed E-state index contributed by atoms with van der Waals surface area (Å²) < 4.78 is 28.9. The summed E-state index contributed by atoms with van der Waals surface area (Å²) in [7, 11) is -4.08. The normalized spacial score (nSPS) is 12.5. The van der Waals surface area contributed by atoms with Crippen LogP contribution < -0.4 is 9.62 Å². The van der Waals surface area contributed by atoms with Crippen LogP contribution in [0.4, 0.5) is 5.69 Å². The lowest BCUT2D eigenvalue weighted by atomic mass is 10.1. The van der Waals surface area contributed by atoms with Gasteiger partial charge < -0.3 is 10.2 Å². The van der Waals surface area contributed by atoms with Crippen molar-refractivity contribution >= 4 is 27.5 Å². The van der Waals surface area contributed by atoms with Gasteiger partial charge in [0.25, 0.3) is 10.0 Å². The molecule has 0 radical (unpaired) electrons. The highest BCUT2D eigenvalue weighted by Gasteiger charge is 2.33. The number of hydrogen-bond acceptors (Lipinski definition) is 4. The van der Waals surface area contributed by atoms with Gasteiger partial charge in [0.2, 0.25) is 11.8 Å². The molecule has 3 aromatic rings. The monoisotopic (exact) mass is 549 g/mol. The summed E-state index contributed by atoms with van der Waals surface area (Å²) in [5.74, 6) is -0.793. The van der Waals surface area contributed by atoms with Gasteiger partial charge in [0.05, 0.1) is 10.6 Å². The molecule has 0 heterocycles. The Morgan fingerprint density at radius 2 is 1.38 bits per heavy atom. The topological polar surface area (TPSA) is 86.8 Å². The number of aryl methyl sites for hydroxylation is 3.